The lowest BCUT2D eigenvalue weighted by Crippen LogP contribution is -2.76. The molecule has 0 bridgehead atoms. The third-order valence-electron chi connectivity index (χ3n) is 6.31. The van der Waals surface area contributed by atoms with Gasteiger partial charge in [-0.2, -0.15) is 4.31 Å². The second-order valence-corrected chi connectivity index (χ2v) is 11.6. The van der Waals surface area contributed by atoms with Crippen molar-refractivity contribution in [1.82, 2.24) is 14.1 Å². The van der Waals surface area contributed by atoms with Crippen LogP contribution in [0, 0.1) is 5.82 Å². The van der Waals surface area contributed by atoms with Crippen LogP contribution in [0.2, 0.25) is 10.0 Å². The smallest absolute Gasteiger partial charge is 0.247 e. The minimum Gasteiger partial charge on any atom is -0.335 e. The number of piperazine rings is 1. The van der Waals surface area contributed by atoms with Crippen LogP contribution in [-0.2, 0) is 26.0 Å². The average Bonchev–Trinajstić information content (AvgIpc) is 2.78. The van der Waals surface area contributed by atoms with Crippen LogP contribution >= 0.6 is 23.2 Å². The number of rotatable bonds is 5. The Labute approximate surface area is 213 Å². The topological polar surface area (TPSA) is 104 Å². The van der Waals surface area contributed by atoms with Gasteiger partial charge in [0.15, 0.2) is 0 Å². The maximum atomic E-state index is 14.7. The van der Waals surface area contributed by atoms with E-state index in [-0.39, 0.29) is 36.5 Å². The fraction of sp³-hybridized carbons (Fsp3) is 0.391. The zero-order chi connectivity index (χ0) is 25.7. The molecule has 2 aromatic rings. The zero-order valence-electron chi connectivity index (χ0n) is 19.1. The summed E-state index contributed by atoms with van der Waals surface area (Å²) >= 11 is 11.8. The molecule has 2 saturated heterocycles. The SMILES string of the molecule is CC(C)N1CC2N(C(=O)C(N)CN2S(=O)(=O)c2ccc(Cl)cc2F)C(Cc2ccc(Cl)cc2)C1=O. The van der Waals surface area contributed by atoms with Crippen molar-refractivity contribution in [2.45, 2.75) is 49.5 Å². The first-order chi connectivity index (χ1) is 16.4. The third kappa shape index (κ3) is 4.77. The number of amides is 2. The monoisotopic (exact) mass is 542 g/mol. The van der Waals surface area contributed by atoms with Crippen LogP contribution in [0.5, 0.6) is 0 Å². The van der Waals surface area contributed by atoms with Gasteiger partial charge >= 0.3 is 0 Å². The Hall–Kier alpha value is -2.24. The van der Waals surface area contributed by atoms with Crippen molar-refractivity contribution in [3.05, 3.63) is 63.9 Å². The quantitative estimate of drug-likeness (QED) is 0.624. The highest BCUT2D eigenvalue weighted by Gasteiger charge is 2.53. The number of nitrogens with two attached hydrogens (primary N) is 1. The molecule has 12 heteroatoms. The summed E-state index contributed by atoms with van der Waals surface area (Å²) in [6, 6.07) is 7.62. The number of nitrogens with zero attached hydrogens (tertiary/aromatic N) is 3. The van der Waals surface area contributed by atoms with Gasteiger partial charge in [0.05, 0.1) is 12.6 Å². The fourth-order valence-electron chi connectivity index (χ4n) is 4.55. The molecule has 2 amide bonds. The van der Waals surface area contributed by atoms with Gasteiger partial charge in [-0.25, -0.2) is 12.8 Å². The molecule has 0 saturated carbocycles. The van der Waals surface area contributed by atoms with Gasteiger partial charge in [0.25, 0.3) is 0 Å². The van der Waals surface area contributed by atoms with Crippen molar-refractivity contribution in [1.29, 1.82) is 0 Å². The minimum atomic E-state index is -4.43. The lowest BCUT2D eigenvalue weighted by Gasteiger charge is -2.53. The van der Waals surface area contributed by atoms with Gasteiger partial charge < -0.3 is 15.5 Å². The Bertz CT molecular complexity index is 1260. The van der Waals surface area contributed by atoms with Crippen molar-refractivity contribution in [3.63, 3.8) is 0 Å². The van der Waals surface area contributed by atoms with Crippen molar-refractivity contribution >= 4 is 45.0 Å². The Morgan fingerprint density at radius 2 is 1.66 bits per heavy atom. The summed E-state index contributed by atoms with van der Waals surface area (Å²) in [5, 5.41) is 0.564. The largest absolute Gasteiger partial charge is 0.335 e. The standard InChI is InChI=1S/C23H25Cl2FN4O4S/c1-13(2)28-12-21-29(35(33,34)20-8-7-16(25)10-17(20)26)11-18(27)22(31)30(21)19(23(28)32)9-14-3-5-15(24)6-4-14/h3-8,10,13,18-19,21H,9,11-12,27H2,1-2H3. The molecule has 3 atom stereocenters. The predicted octanol–water partition coefficient (Wildman–Crippen LogP) is 2.48. The molecular weight excluding hydrogens is 518 g/mol. The first kappa shape index (κ1) is 25.8. The maximum absolute atomic E-state index is 14.7. The fourth-order valence-corrected chi connectivity index (χ4v) is 6.48. The van der Waals surface area contributed by atoms with Crippen molar-refractivity contribution < 1.29 is 22.4 Å². The van der Waals surface area contributed by atoms with Crippen LogP contribution < -0.4 is 5.73 Å². The van der Waals surface area contributed by atoms with E-state index in [9.17, 15) is 22.4 Å². The van der Waals surface area contributed by atoms with E-state index in [1.807, 2.05) is 0 Å². The number of halogens is 3. The lowest BCUT2D eigenvalue weighted by atomic mass is 9.96. The summed E-state index contributed by atoms with van der Waals surface area (Å²) in [6.45, 7) is 3.20. The Morgan fingerprint density at radius 3 is 2.26 bits per heavy atom. The molecule has 0 aromatic heterocycles. The summed E-state index contributed by atoms with van der Waals surface area (Å²) in [7, 11) is -4.43. The molecule has 2 aromatic carbocycles. The second-order valence-electron chi connectivity index (χ2n) is 8.91. The van der Waals surface area contributed by atoms with E-state index in [0.29, 0.717) is 5.02 Å². The highest BCUT2D eigenvalue weighted by atomic mass is 35.5. The zero-order valence-corrected chi connectivity index (χ0v) is 21.4. The molecule has 35 heavy (non-hydrogen) atoms. The lowest BCUT2D eigenvalue weighted by molar-refractivity contribution is -0.167. The van der Waals surface area contributed by atoms with Gasteiger partial charge in [0, 0.05) is 29.1 Å². The number of benzene rings is 2. The number of carbonyl (C=O) groups is 2. The number of fused-ring (bicyclic) bond motifs is 1. The van der Waals surface area contributed by atoms with Gasteiger partial charge in [0.2, 0.25) is 21.8 Å². The van der Waals surface area contributed by atoms with Gasteiger partial charge in [0.1, 0.15) is 22.9 Å². The molecule has 4 rings (SSSR count). The van der Waals surface area contributed by atoms with Gasteiger partial charge in [-0.15, -0.1) is 0 Å². The van der Waals surface area contributed by atoms with E-state index in [2.05, 4.69) is 0 Å². The predicted molar refractivity (Wildman–Crippen MR) is 130 cm³/mol. The highest BCUT2D eigenvalue weighted by molar-refractivity contribution is 7.89. The maximum Gasteiger partial charge on any atom is 0.247 e. The van der Waals surface area contributed by atoms with Crippen LogP contribution in [0.3, 0.4) is 0 Å². The summed E-state index contributed by atoms with van der Waals surface area (Å²) in [6.07, 6.45) is -0.919. The molecule has 2 N–H and O–H groups in total. The average molecular weight is 543 g/mol. The van der Waals surface area contributed by atoms with E-state index in [1.165, 1.54) is 15.9 Å². The number of hydrogen-bond donors (Lipinski definition) is 1. The van der Waals surface area contributed by atoms with Crippen LogP contribution in [0.4, 0.5) is 4.39 Å². The molecule has 3 unspecified atom stereocenters. The van der Waals surface area contributed by atoms with Crippen molar-refractivity contribution in [2.24, 2.45) is 5.73 Å². The molecule has 8 nitrogen and oxygen atoms in total. The van der Waals surface area contributed by atoms with Crippen LogP contribution in [0.25, 0.3) is 0 Å². The Kier molecular flexibility index (Phi) is 7.14. The summed E-state index contributed by atoms with van der Waals surface area (Å²) in [5.74, 6) is -1.86. The van der Waals surface area contributed by atoms with Gasteiger partial charge in [-0.1, -0.05) is 35.3 Å². The second kappa shape index (κ2) is 9.67. The highest BCUT2D eigenvalue weighted by Crippen LogP contribution is 2.33. The summed E-state index contributed by atoms with van der Waals surface area (Å²) < 4.78 is 42.9. The molecule has 0 aliphatic carbocycles. The van der Waals surface area contributed by atoms with Gasteiger partial charge in [-0.3, -0.25) is 9.59 Å². The molecule has 0 spiro atoms. The Balaban J connectivity index is 1.80. The van der Waals surface area contributed by atoms with E-state index in [0.717, 1.165) is 22.0 Å². The van der Waals surface area contributed by atoms with E-state index in [1.54, 1.807) is 38.1 Å². The van der Waals surface area contributed by atoms with E-state index < -0.39 is 44.9 Å². The molecule has 2 heterocycles. The Morgan fingerprint density at radius 1 is 1.03 bits per heavy atom. The van der Waals surface area contributed by atoms with Crippen molar-refractivity contribution in [3.8, 4) is 0 Å². The molecule has 188 valence electrons. The molecule has 2 aliphatic heterocycles. The van der Waals surface area contributed by atoms with Crippen LogP contribution in [0.1, 0.15) is 19.4 Å². The molecule has 2 aliphatic rings. The number of sulfonamides is 1. The van der Waals surface area contributed by atoms with Crippen LogP contribution in [-0.4, -0.2) is 71.7 Å². The van der Waals surface area contributed by atoms with E-state index in [4.69, 9.17) is 28.9 Å². The van der Waals surface area contributed by atoms with Gasteiger partial charge in [-0.05, 0) is 49.7 Å². The summed E-state index contributed by atoms with van der Waals surface area (Å²) in [4.78, 5) is 28.9. The molecular formula is C23H25Cl2FN4O4S. The number of carbonyl (C=O) groups excluding carboxylic acids is 2. The molecule has 0 radical (unpaired) electrons. The summed E-state index contributed by atoms with van der Waals surface area (Å²) in [5.41, 5.74) is 6.81. The van der Waals surface area contributed by atoms with E-state index >= 15 is 0 Å². The van der Waals surface area contributed by atoms with Crippen molar-refractivity contribution in [2.75, 3.05) is 13.1 Å². The molecule has 2 fully saturated rings. The number of hydrogen-bond acceptors (Lipinski definition) is 5. The normalized spacial score (nSPS) is 23.7. The minimum absolute atomic E-state index is 0.0471. The third-order valence-corrected chi connectivity index (χ3v) is 8.70. The first-order valence-corrected chi connectivity index (χ1v) is 13.2. The van der Waals surface area contributed by atoms with Crippen LogP contribution in [0.15, 0.2) is 47.4 Å². The first-order valence-electron chi connectivity index (χ1n) is 11.0.